The molecule has 3 unspecified atom stereocenters. The lowest BCUT2D eigenvalue weighted by atomic mass is 10.0. The molecule has 0 aromatic carbocycles. The zero-order valence-electron chi connectivity index (χ0n) is 12.8. The molecule has 1 aliphatic rings. The minimum Gasteiger partial charge on any atom is -0.306 e. The highest BCUT2D eigenvalue weighted by molar-refractivity contribution is 5.42. The van der Waals surface area contributed by atoms with Crippen molar-refractivity contribution in [3.05, 3.63) is 29.2 Å². The Bertz CT molecular complexity index is 696. The van der Waals surface area contributed by atoms with Crippen molar-refractivity contribution in [2.24, 2.45) is 5.92 Å². The van der Waals surface area contributed by atoms with Gasteiger partial charge in [0.1, 0.15) is 0 Å². The zero-order chi connectivity index (χ0) is 15.0. The van der Waals surface area contributed by atoms with Gasteiger partial charge in [0.25, 0.3) is 0 Å². The van der Waals surface area contributed by atoms with Gasteiger partial charge < -0.3 is 5.32 Å². The van der Waals surface area contributed by atoms with Crippen LogP contribution in [0.3, 0.4) is 0 Å². The largest absolute Gasteiger partial charge is 0.306 e. The standard InChI is InChI=1S/C16H21N5/c1-10-7-16-18-9-14(12(3)21(16)20-10)11(2)19-15-6-4-5-13(15)8-17/h7,9,11,13,15,19H,4-6H2,1-3H3. The SMILES string of the molecule is Cc1cc2ncc(C(C)NC3CCCC3C#N)c(C)n2n1. The Morgan fingerprint density at radius 1 is 1.43 bits per heavy atom. The molecular weight excluding hydrogens is 262 g/mol. The molecule has 1 fully saturated rings. The Morgan fingerprint density at radius 3 is 3.00 bits per heavy atom. The van der Waals surface area contributed by atoms with E-state index in [9.17, 15) is 5.26 Å². The van der Waals surface area contributed by atoms with E-state index < -0.39 is 0 Å². The molecule has 0 aliphatic heterocycles. The summed E-state index contributed by atoms with van der Waals surface area (Å²) in [6.07, 6.45) is 5.16. The Balaban J connectivity index is 1.86. The molecule has 2 aromatic rings. The van der Waals surface area contributed by atoms with E-state index in [0.717, 1.165) is 41.9 Å². The summed E-state index contributed by atoms with van der Waals surface area (Å²) in [5, 5.41) is 17.3. The summed E-state index contributed by atoms with van der Waals surface area (Å²) in [6.45, 7) is 6.19. The zero-order valence-corrected chi connectivity index (χ0v) is 12.8. The fourth-order valence-corrected chi connectivity index (χ4v) is 3.33. The third-order valence-electron chi connectivity index (χ3n) is 4.50. The Morgan fingerprint density at radius 2 is 2.24 bits per heavy atom. The second kappa shape index (κ2) is 5.45. The molecule has 3 atom stereocenters. The van der Waals surface area contributed by atoms with Crippen molar-refractivity contribution in [3.63, 3.8) is 0 Å². The van der Waals surface area contributed by atoms with E-state index in [4.69, 9.17) is 0 Å². The highest BCUT2D eigenvalue weighted by Gasteiger charge is 2.28. The van der Waals surface area contributed by atoms with Crippen LogP contribution in [-0.2, 0) is 0 Å². The molecule has 21 heavy (non-hydrogen) atoms. The van der Waals surface area contributed by atoms with Crippen molar-refractivity contribution < 1.29 is 0 Å². The van der Waals surface area contributed by atoms with Gasteiger partial charge in [-0.15, -0.1) is 0 Å². The predicted molar refractivity (Wildman–Crippen MR) is 80.8 cm³/mol. The number of fused-ring (bicyclic) bond motifs is 1. The molecule has 1 aliphatic carbocycles. The molecule has 0 spiro atoms. The average molecular weight is 283 g/mol. The first-order valence-corrected chi connectivity index (χ1v) is 7.57. The maximum Gasteiger partial charge on any atom is 0.155 e. The van der Waals surface area contributed by atoms with E-state index in [1.807, 2.05) is 23.7 Å². The van der Waals surface area contributed by atoms with Crippen LogP contribution in [-0.4, -0.2) is 20.6 Å². The van der Waals surface area contributed by atoms with Gasteiger partial charge in [0.15, 0.2) is 5.65 Å². The number of hydrogen-bond donors (Lipinski definition) is 1. The van der Waals surface area contributed by atoms with Crippen molar-refractivity contribution in [1.82, 2.24) is 19.9 Å². The van der Waals surface area contributed by atoms with Gasteiger partial charge >= 0.3 is 0 Å². The highest BCUT2D eigenvalue weighted by atomic mass is 15.3. The summed E-state index contributed by atoms with van der Waals surface area (Å²) < 4.78 is 1.90. The fourth-order valence-electron chi connectivity index (χ4n) is 3.33. The van der Waals surface area contributed by atoms with Crippen LogP contribution < -0.4 is 5.32 Å². The van der Waals surface area contributed by atoms with Gasteiger partial charge in [-0.3, -0.25) is 0 Å². The Labute approximate surface area is 125 Å². The normalized spacial score (nSPS) is 23.3. The maximum atomic E-state index is 9.20. The van der Waals surface area contributed by atoms with Crippen LogP contribution in [0.5, 0.6) is 0 Å². The van der Waals surface area contributed by atoms with Gasteiger partial charge in [0.2, 0.25) is 0 Å². The molecule has 2 aromatic heterocycles. The summed E-state index contributed by atoms with van der Waals surface area (Å²) in [4.78, 5) is 4.49. The molecule has 110 valence electrons. The molecule has 3 rings (SSSR count). The molecule has 0 bridgehead atoms. The summed E-state index contributed by atoms with van der Waals surface area (Å²) in [5.41, 5.74) is 4.12. The molecule has 0 radical (unpaired) electrons. The first-order chi connectivity index (χ1) is 10.1. The van der Waals surface area contributed by atoms with E-state index in [2.05, 4.69) is 35.3 Å². The molecule has 2 heterocycles. The van der Waals surface area contributed by atoms with E-state index in [-0.39, 0.29) is 12.0 Å². The lowest BCUT2D eigenvalue weighted by molar-refractivity contribution is 0.415. The second-order valence-corrected chi connectivity index (χ2v) is 6.02. The quantitative estimate of drug-likeness (QED) is 0.940. The van der Waals surface area contributed by atoms with E-state index in [1.165, 1.54) is 0 Å². The van der Waals surface area contributed by atoms with Crippen LogP contribution >= 0.6 is 0 Å². The highest BCUT2D eigenvalue weighted by Crippen LogP contribution is 2.28. The average Bonchev–Trinajstić information content (AvgIpc) is 3.04. The summed E-state index contributed by atoms with van der Waals surface area (Å²) in [7, 11) is 0. The fraction of sp³-hybridized carbons (Fsp3) is 0.562. The number of rotatable bonds is 3. The van der Waals surface area contributed by atoms with E-state index in [0.29, 0.717) is 6.04 Å². The van der Waals surface area contributed by atoms with Crippen molar-refractivity contribution >= 4 is 5.65 Å². The number of aromatic nitrogens is 3. The lowest BCUT2D eigenvalue weighted by Crippen LogP contribution is -2.34. The number of nitrogens with one attached hydrogen (secondary N) is 1. The molecule has 1 N–H and O–H groups in total. The minimum atomic E-state index is 0.136. The summed E-state index contributed by atoms with van der Waals surface area (Å²) in [5.74, 6) is 0.136. The minimum absolute atomic E-state index is 0.136. The monoisotopic (exact) mass is 283 g/mol. The van der Waals surface area contributed by atoms with Gasteiger partial charge in [0.05, 0.1) is 17.7 Å². The first-order valence-electron chi connectivity index (χ1n) is 7.57. The van der Waals surface area contributed by atoms with Crippen LogP contribution in [0.4, 0.5) is 0 Å². The van der Waals surface area contributed by atoms with Gasteiger partial charge in [-0.25, -0.2) is 9.50 Å². The molecule has 0 amide bonds. The lowest BCUT2D eigenvalue weighted by Gasteiger charge is -2.23. The van der Waals surface area contributed by atoms with Crippen LogP contribution in [0.25, 0.3) is 5.65 Å². The molecule has 0 saturated heterocycles. The molecule has 5 nitrogen and oxygen atoms in total. The van der Waals surface area contributed by atoms with E-state index in [1.54, 1.807) is 0 Å². The Kier molecular flexibility index (Phi) is 3.64. The third-order valence-corrected chi connectivity index (χ3v) is 4.50. The number of nitriles is 1. The van der Waals surface area contributed by atoms with Gasteiger partial charge in [0, 0.05) is 35.6 Å². The smallest absolute Gasteiger partial charge is 0.155 e. The van der Waals surface area contributed by atoms with Crippen LogP contribution in [0, 0.1) is 31.1 Å². The number of nitrogens with zero attached hydrogens (tertiary/aromatic N) is 4. The van der Waals surface area contributed by atoms with Crippen LogP contribution in [0.2, 0.25) is 0 Å². The van der Waals surface area contributed by atoms with Crippen molar-refractivity contribution in [2.75, 3.05) is 0 Å². The Hall–Kier alpha value is -1.93. The van der Waals surface area contributed by atoms with Crippen molar-refractivity contribution in [3.8, 4) is 6.07 Å². The molecular formula is C16H21N5. The number of hydrogen-bond acceptors (Lipinski definition) is 4. The molecule has 1 saturated carbocycles. The van der Waals surface area contributed by atoms with Crippen LogP contribution in [0.1, 0.15) is 49.2 Å². The topological polar surface area (TPSA) is 66.0 Å². The summed E-state index contributed by atoms with van der Waals surface area (Å²) in [6, 6.07) is 4.87. The molecule has 5 heteroatoms. The van der Waals surface area contributed by atoms with Crippen LogP contribution in [0.15, 0.2) is 12.3 Å². The van der Waals surface area contributed by atoms with Crippen molar-refractivity contribution in [2.45, 2.75) is 52.1 Å². The number of aryl methyl sites for hydroxylation is 2. The van der Waals surface area contributed by atoms with Crippen molar-refractivity contribution in [1.29, 1.82) is 5.26 Å². The van der Waals surface area contributed by atoms with Gasteiger partial charge in [-0.1, -0.05) is 6.42 Å². The second-order valence-electron chi connectivity index (χ2n) is 6.02. The predicted octanol–water partition coefficient (Wildman–Crippen LogP) is 2.69. The van der Waals surface area contributed by atoms with Gasteiger partial charge in [-0.2, -0.15) is 10.4 Å². The van der Waals surface area contributed by atoms with Gasteiger partial charge in [-0.05, 0) is 33.6 Å². The maximum absolute atomic E-state index is 9.20. The first kappa shape index (κ1) is 14.0. The third kappa shape index (κ3) is 2.52. The van der Waals surface area contributed by atoms with E-state index >= 15 is 0 Å². The summed E-state index contributed by atoms with van der Waals surface area (Å²) >= 11 is 0.